The van der Waals surface area contributed by atoms with Crippen molar-refractivity contribution < 1.29 is 9.13 Å². The largest absolute Gasteiger partial charge is 0.463 e. The normalized spacial score (nSPS) is 10.3. The molecule has 0 unspecified atom stereocenters. The predicted octanol–water partition coefficient (Wildman–Crippen LogP) is 2.59. The lowest BCUT2D eigenvalue weighted by molar-refractivity contribution is 0.292. The highest BCUT2D eigenvalue weighted by molar-refractivity contribution is 9.10. The zero-order chi connectivity index (χ0) is 15.2. The molecule has 0 saturated heterocycles. The van der Waals surface area contributed by atoms with Gasteiger partial charge in [-0.15, -0.1) is 0 Å². The lowest BCUT2D eigenvalue weighted by Crippen LogP contribution is -2.13. The van der Waals surface area contributed by atoms with Crippen LogP contribution in [0.15, 0.2) is 22.7 Å². The van der Waals surface area contributed by atoms with E-state index in [2.05, 4.69) is 41.6 Å². The van der Waals surface area contributed by atoms with Gasteiger partial charge < -0.3 is 10.1 Å². The fraction of sp³-hybridized carbons (Fsp3) is 0.250. The third-order valence-electron chi connectivity index (χ3n) is 2.36. The minimum atomic E-state index is -0.395. The molecule has 2 aromatic rings. The Kier molecular flexibility index (Phi) is 5.23. The molecule has 9 heteroatoms. The van der Waals surface area contributed by atoms with Crippen molar-refractivity contribution in [1.82, 2.24) is 15.0 Å². The molecule has 0 saturated carbocycles. The first-order chi connectivity index (χ1) is 10.1. The van der Waals surface area contributed by atoms with Crippen LogP contribution in [0.4, 0.5) is 22.0 Å². The Morgan fingerprint density at radius 3 is 2.71 bits per heavy atom. The van der Waals surface area contributed by atoms with Crippen LogP contribution in [0.2, 0.25) is 0 Å². The summed E-state index contributed by atoms with van der Waals surface area (Å²) in [5.74, 6) is 5.26. The number of aromatic nitrogens is 3. The van der Waals surface area contributed by atoms with Gasteiger partial charge in [-0.25, -0.2) is 10.2 Å². The van der Waals surface area contributed by atoms with E-state index in [0.29, 0.717) is 16.8 Å². The summed E-state index contributed by atoms with van der Waals surface area (Å²) in [5, 5.41) is 2.86. The molecule has 1 aromatic carbocycles. The Balaban J connectivity index is 2.23. The molecule has 1 heterocycles. The van der Waals surface area contributed by atoms with Crippen molar-refractivity contribution in [2.75, 3.05) is 17.3 Å². The molecular formula is C12H14BrFN6O. The molecule has 0 amide bonds. The third kappa shape index (κ3) is 4.23. The number of nitrogens with one attached hydrogen (secondary N) is 2. The predicted molar refractivity (Wildman–Crippen MR) is 80.8 cm³/mol. The van der Waals surface area contributed by atoms with Crippen LogP contribution in [-0.2, 0) is 0 Å². The van der Waals surface area contributed by atoms with E-state index in [4.69, 9.17) is 10.6 Å². The Labute approximate surface area is 129 Å². The zero-order valence-corrected chi connectivity index (χ0v) is 12.8. The second-order valence-corrected chi connectivity index (χ2v) is 4.87. The second kappa shape index (κ2) is 7.14. The van der Waals surface area contributed by atoms with Crippen molar-refractivity contribution in [3.8, 4) is 6.01 Å². The van der Waals surface area contributed by atoms with Gasteiger partial charge in [0.25, 0.3) is 0 Å². The van der Waals surface area contributed by atoms with Crippen LogP contribution in [0, 0.1) is 5.82 Å². The molecular weight excluding hydrogens is 343 g/mol. The van der Waals surface area contributed by atoms with E-state index in [1.54, 1.807) is 12.1 Å². The van der Waals surface area contributed by atoms with Crippen molar-refractivity contribution in [1.29, 1.82) is 0 Å². The van der Waals surface area contributed by atoms with Crippen molar-refractivity contribution in [3.63, 3.8) is 0 Å². The number of nitrogens with zero attached hydrogens (tertiary/aromatic N) is 3. The first kappa shape index (κ1) is 15.4. The quantitative estimate of drug-likeness (QED) is 0.540. The summed E-state index contributed by atoms with van der Waals surface area (Å²) < 4.78 is 19.2. The van der Waals surface area contributed by atoms with Gasteiger partial charge in [0, 0.05) is 5.69 Å². The highest BCUT2D eigenvalue weighted by atomic mass is 79.9. The highest BCUT2D eigenvalue weighted by Crippen LogP contribution is 2.22. The van der Waals surface area contributed by atoms with Crippen molar-refractivity contribution in [2.45, 2.75) is 13.3 Å². The molecule has 0 bridgehead atoms. The fourth-order valence-electron chi connectivity index (χ4n) is 1.44. The van der Waals surface area contributed by atoms with E-state index in [9.17, 15) is 4.39 Å². The van der Waals surface area contributed by atoms with Gasteiger partial charge in [0.15, 0.2) is 0 Å². The van der Waals surface area contributed by atoms with E-state index < -0.39 is 5.82 Å². The van der Waals surface area contributed by atoms with E-state index in [1.165, 1.54) is 6.07 Å². The molecule has 1 aromatic heterocycles. The van der Waals surface area contributed by atoms with Gasteiger partial charge in [0.1, 0.15) is 5.82 Å². The van der Waals surface area contributed by atoms with Crippen LogP contribution in [0.3, 0.4) is 0 Å². The summed E-state index contributed by atoms with van der Waals surface area (Å²) in [7, 11) is 0. The number of ether oxygens (including phenoxy) is 1. The smallest absolute Gasteiger partial charge is 0.323 e. The number of halogens is 2. The van der Waals surface area contributed by atoms with Crippen molar-refractivity contribution in [3.05, 3.63) is 28.5 Å². The molecule has 0 aliphatic carbocycles. The number of hydrazine groups is 1. The van der Waals surface area contributed by atoms with Crippen LogP contribution < -0.4 is 21.3 Å². The monoisotopic (exact) mass is 356 g/mol. The number of benzene rings is 1. The molecule has 4 N–H and O–H groups in total. The second-order valence-electron chi connectivity index (χ2n) is 4.01. The van der Waals surface area contributed by atoms with Gasteiger partial charge in [0.05, 0.1) is 11.1 Å². The summed E-state index contributed by atoms with van der Waals surface area (Å²) in [6, 6.07) is 4.71. The highest BCUT2D eigenvalue weighted by Gasteiger charge is 2.08. The van der Waals surface area contributed by atoms with Gasteiger partial charge in [-0.05, 0) is 40.5 Å². The molecule has 7 nitrogen and oxygen atoms in total. The topological polar surface area (TPSA) is 98.0 Å². The lowest BCUT2D eigenvalue weighted by Gasteiger charge is -2.09. The minimum Gasteiger partial charge on any atom is -0.463 e. The maximum Gasteiger partial charge on any atom is 0.323 e. The van der Waals surface area contributed by atoms with Crippen LogP contribution >= 0.6 is 15.9 Å². The lowest BCUT2D eigenvalue weighted by atomic mass is 10.3. The molecule has 0 aliphatic heterocycles. The van der Waals surface area contributed by atoms with Gasteiger partial charge in [-0.3, -0.25) is 5.43 Å². The number of nitrogens with two attached hydrogens (primary N) is 1. The van der Waals surface area contributed by atoms with Crippen LogP contribution in [-0.4, -0.2) is 21.6 Å². The standard InChI is InChI=1S/C12H14BrFN6O/c1-2-5-21-12-18-10(17-11(19-12)20-15)16-7-3-4-8(13)9(14)6-7/h3-4,6H,2,5,15H2,1H3,(H2,16,17,18,19,20). The van der Waals surface area contributed by atoms with Crippen LogP contribution in [0.5, 0.6) is 6.01 Å². The first-order valence-electron chi connectivity index (χ1n) is 6.20. The maximum atomic E-state index is 13.5. The molecule has 0 fully saturated rings. The molecule has 21 heavy (non-hydrogen) atoms. The van der Waals surface area contributed by atoms with E-state index in [0.717, 1.165) is 6.42 Å². The number of nitrogen functional groups attached to an aromatic ring is 1. The Morgan fingerprint density at radius 1 is 1.29 bits per heavy atom. The number of hydrogen-bond donors (Lipinski definition) is 3. The molecule has 2 rings (SSSR count). The summed E-state index contributed by atoms with van der Waals surface area (Å²) in [4.78, 5) is 12.1. The van der Waals surface area contributed by atoms with Crippen LogP contribution in [0.1, 0.15) is 13.3 Å². The SMILES string of the molecule is CCCOc1nc(NN)nc(Nc2ccc(Br)c(F)c2)n1. The summed E-state index contributed by atoms with van der Waals surface area (Å²) in [6.07, 6.45) is 0.817. The van der Waals surface area contributed by atoms with E-state index >= 15 is 0 Å². The van der Waals surface area contributed by atoms with Gasteiger partial charge in [-0.1, -0.05) is 6.92 Å². The van der Waals surface area contributed by atoms with E-state index in [-0.39, 0.29) is 17.9 Å². The fourth-order valence-corrected chi connectivity index (χ4v) is 1.68. The van der Waals surface area contributed by atoms with Crippen LogP contribution in [0.25, 0.3) is 0 Å². The Bertz CT molecular complexity index is 627. The molecule has 0 spiro atoms. The van der Waals surface area contributed by atoms with E-state index in [1.807, 2.05) is 6.92 Å². The zero-order valence-electron chi connectivity index (χ0n) is 11.2. The average molecular weight is 357 g/mol. The molecule has 0 aliphatic rings. The average Bonchev–Trinajstić information content (AvgIpc) is 2.48. The number of anilines is 3. The Morgan fingerprint density at radius 2 is 2.05 bits per heavy atom. The molecule has 112 valence electrons. The summed E-state index contributed by atoms with van der Waals surface area (Å²) >= 11 is 3.09. The maximum absolute atomic E-state index is 13.5. The Hall–Kier alpha value is -2.00. The van der Waals surface area contributed by atoms with Gasteiger partial charge in [0.2, 0.25) is 11.9 Å². The third-order valence-corrected chi connectivity index (χ3v) is 3.00. The van der Waals surface area contributed by atoms with Gasteiger partial charge >= 0.3 is 6.01 Å². The van der Waals surface area contributed by atoms with Gasteiger partial charge in [-0.2, -0.15) is 15.0 Å². The van der Waals surface area contributed by atoms with Crippen molar-refractivity contribution >= 4 is 33.5 Å². The molecule has 0 atom stereocenters. The summed E-state index contributed by atoms with van der Waals surface area (Å²) in [6.45, 7) is 2.44. The van der Waals surface area contributed by atoms with Crippen molar-refractivity contribution in [2.24, 2.45) is 5.84 Å². The molecule has 0 radical (unpaired) electrons. The minimum absolute atomic E-state index is 0.139. The first-order valence-corrected chi connectivity index (χ1v) is 6.99. The number of hydrogen-bond acceptors (Lipinski definition) is 7. The summed E-state index contributed by atoms with van der Waals surface area (Å²) in [5.41, 5.74) is 2.82. The number of rotatable bonds is 6.